The Kier molecular flexibility index (Phi) is 2.17. The molecule has 1 aliphatic heterocycles. The largest absolute Gasteiger partial charge is 0.486 e. The van der Waals surface area contributed by atoms with E-state index in [0.29, 0.717) is 0 Å². The fourth-order valence-corrected chi connectivity index (χ4v) is 1.60. The average Bonchev–Trinajstić information content (AvgIpc) is 2.37. The minimum absolute atomic E-state index is 0.0819. The Balaban J connectivity index is 2.38. The molecule has 0 amide bonds. The topological polar surface area (TPSA) is 26.3 Å². The molecule has 1 aliphatic carbocycles. The maximum atomic E-state index is 11.6. The quantitative estimate of drug-likeness (QED) is 0.542. The van der Waals surface area contributed by atoms with E-state index in [0.717, 1.165) is 17.8 Å². The maximum Gasteiger partial charge on any atom is 0.195 e. The van der Waals surface area contributed by atoms with E-state index in [1.165, 1.54) is 0 Å². The Morgan fingerprint density at radius 2 is 2.29 bits per heavy atom. The SMILES string of the molecule is C/C1=C/C/C=C2/OC(C)C(=O)C2C#C1. The van der Waals surface area contributed by atoms with Crippen LogP contribution in [0.15, 0.2) is 23.5 Å². The van der Waals surface area contributed by atoms with E-state index in [1.54, 1.807) is 6.92 Å². The second-order valence-electron chi connectivity index (χ2n) is 3.59. The number of rotatable bonds is 0. The molecule has 0 spiro atoms. The number of carbonyl (C=O) groups excluding carboxylic acids is 1. The van der Waals surface area contributed by atoms with E-state index in [9.17, 15) is 4.79 Å². The molecule has 2 rings (SSSR count). The Morgan fingerprint density at radius 3 is 3.07 bits per heavy atom. The molecule has 0 aromatic rings. The van der Waals surface area contributed by atoms with Crippen LogP contribution in [0.4, 0.5) is 0 Å². The van der Waals surface area contributed by atoms with Gasteiger partial charge in [0.05, 0.1) is 0 Å². The Hall–Kier alpha value is -1.49. The van der Waals surface area contributed by atoms with Gasteiger partial charge in [-0.2, -0.15) is 0 Å². The molecule has 0 radical (unpaired) electrons. The summed E-state index contributed by atoms with van der Waals surface area (Å²) in [4.78, 5) is 11.6. The van der Waals surface area contributed by atoms with Crippen LogP contribution >= 0.6 is 0 Å². The lowest BCUT2D eigenvalue weighted by Crippen LogP contribution is -2.15. The van der Waals surface area contributed by atoms with E-state index >= 15 is 0 Å². The number of Topliss-reactive ketones (excluding diaryl/α,β-unsaturated/α-hetero) is 1. The number of ketones is 1. The van der Waals surface area contributed by atoms with E-state index in [2.05, 4.69) is 11.8 Å². The normalized spacial score (nSPS) is 37.4. The lowest BCUT2D eigenvalue weighted by molar-refractivity contribution is -0.122. The number of ether oxygens (including phenoxy) is 1. The fraction of sp³-hybridized carbons (Fsp3) is 0.417. The van der Waals surface area contributed by atoms with Crippen LogP contribution in [0.25, 0.3) is 0 Å². The molecule has 72 valence electrons. The summed E-state index contributed by atoms with van der Waals surface area (Å²) in [6.45, 7) is 3.73. The standard InChI is InChI=1S/C12H12O2/c1-8-4-3-5-11-10(7-6-8)12(13)9(2)14-11/h4-5,9-10H,3H2,1-2H3/b8-4-,11-5+. The van der Waals surface area contributed by atoms with Crippen molar-refractivity contribution < 1.29 is 9.53 Å². The lowest BCUT2D eigenvalue weighted by atomic mass is 9.99. The molecule has 0 bridgehead atoms. The lowest BCUT2D eigenvalue weighted by Gasteiger charge is -2.03. The van der Waals surface area contributed by atoms with Crippen LogP contribution in [-0.4, -0.2) is 11.9 Å². The van der Waals surface area contributed by atoms with Crippen molar-refractivity contribution in [3.63, 3.8) is 0 Å². The molecule has 0 aromatic carbocycles. The number of allylic oxidation sites excluding steroid dienone is 4. The maximum absolute atomic E-state index is 11.6. The number of fused-ring (bicyclic) bond motifs is 1. The summed E-state index contributed by atoms with van der Waals surface area (Å²) in [5.74, 6) is 6.42. The van der Waals surface area contributed by atoms with Crippen molar-refractivity contribution in [3.8, 4) is 11.8 Å². The van der Waals surface area contributed by atoms with Crippen molar-refractivity contribution in [2.75, 3.05) is 0 Å². The molecule has 0 saturated carbocycles. The van der Waals surface area contributed by atoms with E-state index in [4.69, 9.17) is 4.74 Å². The van der Waals surface area contributed by atoms with Crippen LogP contribution in [0, 0.1) is 17.8 Å². The van der Waals surface area contributed by atoms with Gasteiger partial charge in [-0.1, -0.05) is 17.9 Å². The van der Waals surface area contributed by atoms with E-state index in [-0.39, 0.29) is 17.8 Å². The summed E-state index contributed by atoms with van der Waals surface area (Å²) in [7, 11) is 0. The third-order valence-corrected chi connectivity index (χ3v) is 2.44. The van der Waals surface area contributed by atoms with Gasteiger partial charge in [0.1, 0.15) is 11.7 Å². The minimum atomic E-state index is -0.334. The molecular formula is C12H12O2. The van der Waals surface area contributed by atoms with Crippen molar-refractivity contribution in [1.82, 2.24) is 0 Å². The van der Waals surface area contributed by atoms with Gasteiger partial charge < -0.3 is 4.74 Å². The molecule has 14 heavy (non-hydrogen) atoms. The monoisotopic (exact) mass is 188 g/mol. The highest BCUT2D eigenvalue weighted by atomic mass is 16.5. The Bertz CT molecular complexity index is 390. The van der Waals surface area contributed by atoms with Crippen molar-refractivity contribution in [2.45, 2.75) is 26.4 Å². The van der Waals surface area contributed by atoms with Gasteiger partial charge in [-0.3, -0.25) is 4.79 Å². The zero-order valence-corrected chi connectivity index (χ0v) is 8.33. The molecule has 1 fully saturated rings. The molecule has 2 heteroatoms. The van der Waals surface area contributed by atoms with Gasteiger partial charge in [0, 0.05) is 0 Å². The van der Waals surface area contributed by atoms with Crippen LogP contribution < -0.4 is 0 Å². The summed E-state index contributed by atoms with van der Waals surface area (Å²) in [5.41, 5.74) is 1.02. The predicted octanol–water partition coefficient (Wildman–Crippen LogP) is 1.83. The zero-order chi connectivity index (χ0) is 10.1. The zero-order valence-electron chi connectivity index (χ0n) is 8.33. The molecular weight excluding hydrogens is 176 g/mol. The number of hydrogen-bond donors (Lipinski definition) is 0. The van der Waals surface area contributed by atoms with Gasteiger partial charge in [0.15, 0.2) is 11.9 Å². The van der Waals surface area contributed by atoms with E-state index < -0.39 is 0 Å². The smallest absolute Gasteiger partial charge is 0.195 e. The highest BCUT2D eigenvalue weighted by Crippen LogP contribution is 2.27. The first-order chi connectivity index (χ1) is 6.68. The molecule has 2 atom stereocenters. The van der Waals surface area contributed by atoms with Crippen molar-refractivity contribution in [1.29, 1.82) is 0 Å². The van der Waals surface area contributed by atoms with E-state index in [1.807, 2.05) is 19.1 Å². The highest BCUT2D eigenvalue weighted by Gasteiger charge is 2.36. The minimum Gasteiger partial charge on any atom is -0.486 e. The van der Waals surface area contributed by atoms with Crippen LogP contribution in [0.3, 0.4) is 0 Å². The van der Waals surface area contributed by atoms with Crippen molar-refractivity contribution in [2.24, 2.45) is 5.92 Å². The summed E-state index contributed by atoms with van der Waals surface area (Å²) in [6.07, 6.45) is 4.45. The van der Waals surface area contributed by atoms with Gasteiger partial charge in [0.25, 0.3) is 0 Å². The first-order valence-electron chi connectivity index (χ1n) is 4.77. The summed E-state index contributed by atoms with van der Waals surface area (Å²) >= 11 is 0. The molecule has 1 heterocycles. The first kappa shape index (κ1) is 9.08. The van der Waals surface area contributed by atoms with Crippen LogP contribution in [0.2, 0.25) is 0 Å². The average molecular weight is 188 g/mol. The molecule has 2 aliphatic rings. The molecule has 2 nitrogen and oxygen atoms in total. The first-order valence-corrected chi connectivity index (χ1v) is 4.77. The van der Waals surface area contributed by atoms with Gasteiger partial charge in [-0.15, -0.1) is 0 Å². The van der Waals surface area contributed by atoms with Gasteiger partial charge in [-0.25, -0.2) is 0 Å². The Morgan fingerprint density at radius 1 is 1.50 bits per heavy atom. The van der Waals surface area contributed by atoms with Crippen LogP contribution in [0.5, 0.6) is 0 Å². The Labute approximate surface area is 83.6 Å². The van der Waals surface area contributed by atoms with Crippen LogP contribution in [-0.2, 0) is 9.53 Å². The molecule has 0 N–H and O–H groups in total. The highest BCUT2D eigenvalue weighted by molar-refractivity contribution is 5.92. The van der Waals surface area contributed by atoms with Gasteiger partial charge in [0.2, 0.25) is 0 Å². The van der Waals surface area contributed by atoms with Crippen molar-refractivity contribution >= 4 is 5.78 Å². The fourth-order valence-electron chi connectivity index (χ4n) is 1.60. The second-order valence-corrected chi connectivity index (χ2v) is 3.59. The molecule has 2 unspecified atom stereocenters. The van der Waals surface area contributed by atoms with Gasteiger partial charge in [-0.05, 0) is 31.9 Å². The summed E-state index contributed by atoms with van der Waals surface area (Å²) in [5, 5.41) is 0. The third kappa shape index (κ3) is 1.46. The van der Waals surface area contributed by atoms with Crippen molar-refractivity contribution in [3.05, 3.63) is 23.5 Å². The summed E-state index contributed by atoms with van der Waals surface area (Å²) < 4.78 is 5.43. The van der Waals surface area contributed by atoms with Crippen LogP contribution in [0.1, 0.15) is 20.3 Å². The summed E-state index contributed by atoms with van der Waals surface area (Å²) in [6, 6.07) is 0. The predicted molar refractivity (Wildman–Crippen MR) is 53.3 cm³/mol. The van der Waals surface area contributed by atoms with Gasteiger partial charge >= 0.3 is 0 Å². The number of hydrogen-bond acceptors (Lipinski definition) is 2. The number of carbonyl (C=O) groups is 1. The third-order valence-electron chi connectivity index (χ3n) is 2.44. The molecule has 1 saturated heterocycles. The molecule has 0 aromatic heterocycles. The second kappa shape index (κ2) is 3.34.